The summed E-state index contributed by atoms with van der Waals surface area (Å²) < 4.78 is 4.77. The minimum atomic E-state index is -0.352. The van der Waals surface area contributed by atoms with Crippen LogP contribution in [0, 0.1) is 5.92 Å². The highest BCUT2D eigenvalue weighted by Gasteiger charge is 2.37. The van der Waals surface area contributed by atoms with Crippen LogP contribution in [-0.4, -0.2) is 30.4 Å². The van der Waals surface area contributed by atoms with E-state index in [-0.39, 0.29) is 30.3 Å². The van der Waals surface area contributed by atoms with Gasteiger partial charge in [0.25, 0.3) is 0 Å². The van der Waals surface area contributed by atoms with Gasteiger partial charge in [-0.25, -0.2) is 0 Å². The quantitative estimate of drug-likeness (QED) is 0.818. The Morgan fingerprint density at radius 3 is 2.73 bits per heavy atom. The maximum atomic E-state index is 12.3. The third kappa shape index (κ3) is 2.45. The summed E-state index contributed by atoms with van der Waals surface area (Å²) in [7, 11) is 1.36. The highest BCUT2D eigenvalue weighted by Crippen LogP contribution is 2.32. The highest BCUT2D eigenvalue weighted by molar-refractivity contribution is 5.89. The predicted molar refractivity (Wildman–Crippen MR) is 84.2 cm³/mol. The van der Waals surface area contributed by atoms with Gasteiger partial charge >= 0.3 is 5.97 Å². The summed E-state index contributed by atoms with van der Waals surface area (Å²) in [5.74, 6) is -0.647. The van der Waals surface area contributed by atoms with Crippen molar-refractivity contribution in [3.63, 3.8) is 0 Å². The van der Waals surface area contributed by atoms with Crippen LogP contribution < -0.4 is 0 Å². The zero-order valence-corrected chi connectivity index (χ0v) is 12.8. The van der Waals surface area contributed by atoms with Crippen LogP contribution in [-0.2, 0) is 14.3 Å². The molecule has 2 aromatic rings. The van der Waals surface area contributed by atoms with E-state index in [1.807, 2.05) is 31.2 Å². The number of hydrogen-bond acceptors (Lipinski definition) is 3. The normalized spacial score (nSPS) is 19.5. The van der Waals surface area contributed by atoms with Crippen molar-refractivity contribution >= 4 is 22.6 Å². The first kappa shape index (κ1) is 14.6. The van der Waals surface area contributed by atoms with Gasteiger partial charge < -0.3 is 9.64 Å². The third-order valence-corrected chi connectivity index (χ3v) is 4.43. The van der Waals surface area contributed by atoms with Crippen LogP contribution in [0.4, 0.5) is 0 Å². The van der Waals surface area contributed by atoms with E-state index in [9.17, 15) is 9.59 Å². The minimum absolute atomic E-state index is 0.0100. The lowest BCUT2D eigenvalue weighted by Crippen LogP contribution is -2.29. The summed E-state index contributed by atoms with van der Waals surface area (Å²) in [6, 6.07) is 14.2. The molecule has 1 saturated heterocycles. The summed E-state index contributed by atoms with van der Waals surface area (Å²) in [5, 5.41) is 2.30. The van der Waals surface area contributed by atoms with E-state index in [1.165, 1.54) is 7.11 Å². The van der Waals surface area contributed by atoms with E-state index < -0.39 is 0 Å². The van der Waals surface area contributed by atoms with E-state index >= 15 is 0 Å². The van der Waals surface area contributed by atoms with Crippen LogP contribution in [0.25, 0.3) is 10.8 Å². The van der Waals surface area contributed by atoms with Gasteiger partial charge in [-0.1, -0.05) is 42.5 Å². The summed E-state index contributed by atoms with van der Waals surface area (Å²) in [5.41, 5.74) is 1.11. The Hall–Kier alpha value is -2.36. The van der Waals surface area contributed by atoms with Crippen LogP contribution in [0.1, 0.15) is 24.9 Å². The number of likely N-dealkylation sites (tertiary alicyclic amines) is 1. The zero-order chi connectivity index (χ0) is 15.7. The molecule has 0 spiro atoms. The minimum Gasteiger partial charge on any atom is -0.469 e. The van der Waals surface area contributed by atoms with Crippen LogP contribution >= 0.6 is 0 Å². The van der Waals surface area contributed by atoms with Crippen LogP contribution in [0.3, 0.4) is 0 Å². The Balaban J connectivity index is 1.91. The van der Waals surface area contributed by atoms with Crippen molar-refractivity contribution in [3.8, 4) is 0 Å². The fourth-order valence-electron chi connectivity index (χ4n) is 3.21. The molecule has 0 N–H and O–H groups in total. The molecule has 4 nitrogen and oxygen atoms in total. The first-order valence-corrected chi connectivity index (χ1v) is 7.46. The number of ether oxygens (including phenoxy) is 1. The second-order valence-corrected chi connectivity index (χ2v) is 5.71. The van der Waals surface area contributed by atoms with E-state index in [2.05, 4.69) is 18.2 Å². The van der Waals surface area contributed by atoms with E-state index in [0.717, 1.165) is 16.3 Å². The first-order valence-electron chi connectivity index (χ1n) is 7.46. The Labute approximate surface area is 129 Å². The maximum Gasteiger partial charge on any atom is 0.310 e. The molecule has 1 amide bonds. The molecule has 0 aliphatic carbocycles. The summed E-state index contributed by atoms with van der Waals surface area (Å²) in [6.07, 6.45) is 0.238. The molecule has 0 saturated carbocycles. The number of rotatable bonds is 3. The lowest BCUT2D eigenvalue weighted by Gasteiger charge is -2.26. The van der Waals surface area contributed by atoms with Crippen molar-refractivity contribution in [2.75, 3.05) is 13.7 Å². The van der Waals surface area contributed by atoms with Gasteiger partial charge in [0.15, 0.2) is 0 Å². The molecule has 1 aliphatic rings. The molecule has 4 heteroatoms. The van der Waals surface area contributed by atoms with Gasteiger partial charge in [0.05, 0.1) is 19.1 Å². The van der Waals surface area contributed by atoms with Gasteiger partial charge in [-0.05, 0) is 23.3 Å². The summed E-state index contributed by atoms with van der Waals surface area (Å²) in [4.78, 5) is 25.7. The molecule has 0 bridgehead atoms. The average Bonchev–Trinajstić information content (AvgIpc) is 2.94. The second-order valence-electron chi connectivity index (χ2n) is 5.71. The molecule has 114 valence electrons. The number of hydrogen-bond donors (Lipinski definition) is 0. The van der Waals surface area contributed by atoms with Gasteiger partial charge in [0.1, 0.15) is 0 Å². The fraction of sp³-hybridized carbons (Fsp3) is 0.333. The molecule has 22 heavy (non-hydrogen) atoms. The smallest absolute Gasteiger partial charge is 0.310 e. The molecule has 0 radical (unpaired) electrons. The lowest BCUT2D eigenvalue weighted by atomic mass is 9.99. The van der Waals surface area contributed by atoms with Gasteiger partial charge in [0, 0.05) is 13.0 Å². The van der Waals surface area contributed by atoms with Crippen molar-refractivity contribution in [1.29, 1.82) is 0 Å². The van der Waals surface area contributed by atoms with E-state index in [1.54, 1.807) is 4.90 Å². The van der Waals surface area contributed by atoms with Crippen molar-refractivity contribution < 1.29 is 14.3 Å². The van der Waals surface area contributed by atoms with Crippen molar-refractivity contribution in [3.05, 3.63) is 48.0 Å². The molecule has 1 heterocycles. The average molecular weight is 297 g/mol. The van der Waals surface area contributed by atoms with Gasteiger partial charge in [-0.3, -0.25) is 9.59 Å². The number of benzene rings is 2. The molecule has 1 fully saturated rings. The maximum absolute atomic E-state index is 12.3. The summed E-state index contributed by atoms with van der Waals surface area (Å²) in [6.45, 7) is 2.44. The number of methoxy groups -OCH3 is 1. The molecule has 1 unspecified atom stereocenters. The molecule has 3 rings (SSSR count). The standard InChI is InChI=1S/C18H19NO3/c1-12(19-11-14(10-17(19)20)18(21)22-2)15-9-5-7-13-6-3-4-8-16(13)15/h3-9,12,14H,10-11H2,1-2H3/t12-,14?/m0/s1. The molecule has 1 aliphatic heterocycles. The zero-order valence-electron chi connectivity index (χ0n) is 12.8. The molecule has 0 aromatic heterocycles. The fourth-order valence-corrected chi connectivity index (χ4v) is 3.21. The number of amides is 1. The van der Waals surface area contributed by atoms with Crippen molar-refractivity contribution in [1.82, 2.24) is 4.90 Å². The number of fused-ring (bicyclic) bond motifs is 1. The number of esters is 1. The van der Waals surface area contributed by atoms with Gasteiger partial charge in [-0.2, -0.15) is 0 Å². The van der Waals surface area contributed by atoms with Gasteiger partial charge in [-0.15, -0.1) is 0 Å². The van der Waals surface area contributed by atoms with E-state index in [4.69, 9.17) is 4.74 Å². The van der Waals surface area contributed by atoms with Gasteiger partial charge in [0.2, 0.25) is 5.91 Å². The largest absolute Gasteiger partial charge is 0.469 e. The van der Waals surface area contributed by atoms with Crippen LogP contribution in [0.15, 0.2) is 42.5 Å². The predicted octanol–water partition coefficient (Wildman–Crippen LogP) is 2.92. The Morgan fingerprint density at radius 1 is 1.23 bits per heavy atom. The van der Waals surface area contributed by atoms with Crippen LogP contribution in [0.2, 0.25) is 0 Å². The lowest BCUT2D eigenvalue weighted by molar-refractivity contribution is -0.145. The third-order valence-electron chi connectivity index (χ3n) is 4.43. The Bertz CT molecular complexity index is 720. The van der Waals surface area contributed by atoms with Crippen molar-refractivity contribution in [2.24, 2.45) is 5.92 Å². The van der Waals surface area contributed by atoms with Crippen molar-refractivity contribution in [2.45, 2.75) is 19.4 Å². The Kier molecular flexibility index (Phi) is 3.84. The molecular formula is C18H19NO3. The second kappa shape index (κ2) is 5.79. The Morgan fingerprint density at radius 2 is 1.95 bits per heavy atom. The SMILES string of the molecule is COC(=O)C1CC(=O)N([C@@H](C)c2cccc3ccccc23)C1. The first-order chi connectivity index (χ1) is 10.6. The number of carbonyl (C=O) groups is 2. The van der Waals surface area contributed by atoms with Crippen LogP contribution in [0.5, 0.6) is 0 Å². The molecule has 2 aromatic carbocycles. The summed E-state index contributed by atoms with van der Waals surface area (Å²) >= 11 is 0. The van der Waals surface area contributed by atoms with E-state index in [0.29, 0.717) is 6.54 Å². The number of nitrogens with zero attached hydrogens (tertiary/aromatic N) is 1. The topological polar surface area (TPSA) is 46.6 Å². The highest BCUT2D eigenvalue weighted by atomic mass is 16.5. The number of carbonyl (C=O) groups excluding carboxylic acids is 2. The molecule has 2 atom stereocenters. The molecular weight excluding hydrogens is 278 g/mol. The monoisotopic (exact) mass is 297 g/mol.